The van der Waals surface area contributed by atoms with Gasteiger partial charge in [0, 0.05) is 6.54 Å². The molecule has 1 aromatic carbocycles. The van der Waals surface area contributed by atoms with Crippen LogP contribution >= 0.6 is 0 Å². The molecule has 0 bridgehead atoms. The number of rotatable bonds is 10. The lowest BCUT2D eigenvalue weighted by Gasteiger charge is -2.10. The second-order valence-corrected chi connectivity index (χ2v) is 5.28. The van der Waals surface area contributed by atoms with Crippen LogP contribution in [-0.4, -0.2) is 19.7 Å². The van der Waals surface area contributed by atoms with Gasteiger partial charge in [-0.2, -0.15) is 0 Å². The first-order valence-electron chi connectivity index (χ1n) is 7.65. The van der Waals surface area contributed by atoms with Crippen LogP contribution in [0.4, 0.5) is 0 Å². The van der Waals surface area contributed by atoms with Gasteiger partial charge in [-0.3, -0.25) is 0 Å². The fourth-order valence-corrected chi connectivity index (χ4v) is 2.07. The lowest BCUT2D eigenvalue weighted by atomic mass is 10.1. The first-order valence-corrected chi connectivity index (χ1v) is 7.65. The molecule has 0 aliphatic rings. The Kier molecular flexibility index (Phi) is 8.31. The molecule has 0 aliphatic carbocycles. The fourth-order valence-electron chi connectivity index (χ4n) is 2.07. The van der Waals surface area contributed by atoms with E-state index in [-0.39, 0.29) is 0 Å². The van der Waals surface area contributed by atoms with E-state index in [2.05, 4.69) is 44.3 Å². The van der Waals surface area contributed by atoms with Crippen LogP contribution in [-0.2, 0) is 0 Å². The number of aryl methyl sites for hydroxylation is 2. The number of unbranched alkanes of at least 4 members (excludes halogenated alkanes) is 4. The van der Waals surface area contributed by atoms with E-state index in [1.807, 2.05) is 0 Å². The van der Waals surface area contributed by atoms with Crippen molar-refractivity contribution in [1.82, 2.24) is 5.32 Å². The molecule has 19 heavy (non-hydrogen) atoms. The maximum Gasteiger partial charge on any atom is 0.122 e. The van der Waals surface area contributed by atoms with E-state index in [1.165, 1.54) is 43.2 Å². The molecule has 0 heterocycles. The third-order valence-electron chi connectivity index (χ3n) is 3.34. The first-order chi connectivity index (χ1) is 9.24. The van der Waals surface area contributed by atoms with Crippen molar-refractivity contribution in [2.75, 3.05) is 19.7 Å². The van der Waals surface area contributed by atoms with E-state index in [0.717, 1.165) is 25.4 Å². The highest BCUT2D eigenvalue weighted by atomic mass is 16.5. The second-order valence-electron chi connectivity index (χ2n) is 5.28. The van der Waals surface area contributed by atoms with Gasteiger partial charge in [-0.1, -0.05) is 44.7 Å². The normalized spacial score (nSPS) is 10.7. The van der Waals surface area contributed by atoms with Crippen LogP contribution in [0.5, 0.6) is 5.75 Å². The van der Waals surface area contributed by atoms with Crippen LogP contribution in [0.2, 0.25) is 0 Å². The third kappa shape index (κ3) is 7.22. The van der Waals surface area contributed by atoms with Crippen molar-refractivity contribution in [3.63, 3.8) is 0 Å². The summed E-state index contributed by atoms with van der Waals surface area (Å²) >= 11 is 0. The number of nitrogens with one attached hydrogen (secondary N) is 1. The Bertz CT molecular complexity index is 349. The largest absolute Gasteiger partial charge is 0.492 e. The Morgan fingerprint density at radius 2 is 1.79 bits per heavy atom. The van der Waals surface area contributed by atoms with Crippen LogP contribution in [0.25, 0.3) is 0 Å². The zero-order valence-corrected chi connectivity index (χ0v) is 12.8. The van der Waals surface area contributed by atoms with Gasteiger partial charge in [0.2, 0.25) is 0 Å². The van der Waals surface area contributed by atoms with E-state index >= 15 is 0 Å². The monoisotopic (exact) mass is 263 g/mol. The van der Waals surface area contributed by atoms with Crippen molar-refractivity contribution in [2.24, 2.45) is 0 Å². The highest BCUT2D eigenvalue weighted by molar-refractivity contribution is 5.35. The molecule has 0 aliphatic heterocycles. The quantitative estimate of drug-likeness (QED) is 0.637. The van der Waals surface area contributed by atoms with E-state index in [9.17, 15) is 0 Å². The molecule has 0 fully saturated rings. The van der Waals surface area contributed by atoms with E-state index in [1.54, 1.807) is 0 Å². The van der Waals surface area contributed by atoms with Gasteiger partial charge in [0.05, 0.1) is 0 Å². The molecule has 1 rings (SSSR count). The lowest BCUT2D eigenvalue weighted by Crippen LogP contribution is -2.22. The molecule has 0 radical (unpaired) electrons. The molecule has 0 aromatic heterocycles. The van der Waals surface area contributed by atoms with E-state index in [0.29, 0.717) is 0 Å². The Morgan fingerprint density at radius 3 is 2.58 bits per heavy atom. The first kappa shape index (κ1) is 16.0. The summed E-state index contributed by atoms with van der Waals surface area (Å²) in [6.07, 6.45) is 6.69. The van der Waals surface area contributed by atoms with Crippen LogP contribution in [0, 0.1) is 13.8 Å². The Morgan fingerprint density at radius 1 is 1.00 bits per heavy atom. The maximum absolute atomic E-state index is 5.80. The van der Waals surface area contributed by atoms with Gasteiger partial charge < -0.3 is 10.1 Å². The molecule has 1 aromatic rings. The highest BCUT2D eigenvalue weighted by Crippen LogP contribution is 2.18. The third-order valence-corrected chi connectivity index (χ3v) is 3.34. The van der Waals surface area contributed by atoms with Crippen molar-refractivity contribution in [3.8, 4) is 5.75 Å². The van der Waals surface area contributed by atoms with Crippen molar-refractivity contribution >= 4 is 0 Å². The average Bonchev–Trinajstić information content (AvgIpc) is 2.40. The molecule has 0 unspecified atom stereocenters. The van der Waals surface area contributed by atoms with Crippen molar-refractivity contribution in [3.05, 3.63) is 29.3 Å². The molecular formula is C17H29NO. The zero-order chi connectivity index (χ0) is 13.9. The molecule has 0 atom stereocenters. The topological polar surface area (TPSA) is 21.3 Å². The van der Waals surface area contributed by atoms with Gasteiger partial charge in [0.15, 0.2) is 0 Å². The molecular weight excluding hydrogens is 234 g/mol. The van der Waals surface area contributed by atoms with Crippen LogP contribution < -0.4 is 10.1 Å². The molecule has 1 N–H and O–H groups in total. The number of benzene rings is 1. The molecule has 108 valence electrons. The molecule has 0 spiro atoms. The standard InChI is InChI=1S/C17H29NO/c1-4-5-6-7-8-11-18-12-13-19-17-14-15(2)9-10-16(17)3/h9-10,14,18H,4-8,11-13H2,1-3H3. The smallest absolute Gasteiger partial charge is 0.122 e. The summed E-state index contributed by atoms with van der Waals surface area (Å²) in [6, 6.07) is 6.35. The predicted octanol–water partition coefficient (Wildman–Crippen LogP) is 4.24. The molecule has 2 nitrogen and oxygen atoms in total. The highest BCUT2D eigenvalue weighted by Gasteiger charge is 1.99. The Hall–Kier alpha value is -1.02. The summed E-state index contributed by atoms with van der Waals surface area (Å²) in [5, 5.41) is 3.44. The van der Waals surface area contributed by atoms with Crippen molar-refractivity contribution < 1.29 is 4.74 Å². The summed E-state index contributed by atoms with van der Waals surface area (Å²) in [5.74, 6) is 1.02. The lowest BCUT2D eigenvalue weighted by molar-refractivity contribution is 0.311. The summed E-state index contributed by atoms with van der Waals surface area (Å²) in [5.41, 5.74) is 2.47. The molecule has 0 saturated carbocycles. The van der Waals surface area contributed by atoms with Gasteiger partial charge in [0.25, 0.3) is 0 Å². The molecule has 0 saturated heterocycles. The molecule has 2 heteroatoms. The van der Waals surface area contributed by atoms with Gasteiger partial charge in [-0.25, -0.2) is 0 Å². The van der Waals surface area contributed by atoms with Gasteiger partial charge in [-0.15, -0.1) is 0 Å². The average molecular weight is 263 g/mol. The molecule has 0 amide bonds. The van der Waals surface area contributed by atoms with Gasteiger partial charge >= 0.3 is 0 Å². The minimum absolute atomic E-state index is 0.749. The summed E-state index contributed by atoms with van der Waals surface area (Å²) < 4.78 is 5.80. The van der Waals surface area contributed by atoms with Gasteiger partial charge in [0.1, 0.15) is 12.4 Å². The van der Waals surface area contributed by atoms with E-state index in [4.69, 9.17) is 4.74 Å². The number of hydrogen-bond acceptors (Lipinski definition) is 2. The minimum Gasteiger partial charge on any atom is -0.492 e. The minimum atomic E-state index is 0.749. The Labute approximate surface area is 118 Å². The number of ether oxygens (including phenoxy) is 1. The zero-order valence-electron chi connectivity index (χ0n) is 12.8. The van der Waals surface area contributed by atoms with Gasteiger partial charge in [-0.05, 0) is 44.0 Å². The van der Waals surface area contributed by atoms with E-state index < -0.39 is 0 Å². The maximum atomic E-state index is 5.80. The summed E-state index contributed by atoms with van der Waals surface area (Å²) in [6.45, 7) is 9.24. The fraction of sp³-hybridized carbons (Fsp3) is 0.647. The van der Waals surface area contributed by atoms with Crippen molar-refractivity contribution in [1.29, 1.82) is 0 Å². The van der Waals surface area contributed by atoms with Crippen LogP contribution in [0.1, 0.15) is 50.2 Å². The summed E-state index contributed by atoms with van der Waals surface area (Å²) in [7, 11) is 0. The number of hydrogen-bond donors (Lipinski definition) is 1. The van der Waals surface area contributed by atoms with Crippen LogP contribution in [0.3, 0.4) is 0 Å². The summed E-state index contributed by atoms with van der Waals surface area (Å²) in [4.78, 5) is 0. The Balaban J connectivity index is 2.03. The van der Waals surface area contributed by atoms with Crippen LogP contribution in [0.15, 0.2) is 18.2 Å². The SMILES string of the molecule is CCCCCCCNCCOc1cc(C)ccc1C. The second kappa shape index (κ2) is 9.85. The predicted molar refractivity (Wildman–Crippen MR) is 83.0 cm³/mol. The van der Waals surface area contributed by atoms with Crippen molar-refractivity contribution in [2.45, 2.75) is 52.9 Å².